The number of hydrogen-bond donors (Lipinski definition) is 1. The molecular formula is C10H15NO5S. The van der Waals surface area contributed by atoms with Gasteiger partial charge in [-0.05, 0) is 26.0 Å². The fraction of sp³-hybridized carbons (Fsp3) is 0.500. The van der Waals surface area contributed by atoms with Crippen LogP contribution in [0.4, 0.5) is 0 Å². The Balaban J connectivity index is 2.65. The number of hydrogen-bond acceptors (Lipinski definition) is 5. The quantitative estimate of drug-likeness (QED) is 0.733. The van der Waals surface area contributed by atoms with Crippen LogP contribution in [0.3, 0.4) is 0 Å². The second-order valence-corrected chi connectivity index (χ2v) is 5.09. The van der Waals surface area contributed by atoms with Crippen molar-refractivity contribution in [3.63, 3.8) is 0 Å². The molecule has 0 radical (unpaired) electrons. The van der Waals surface area contributed by atoms with Crippen LogP contribution in [0, 0.1) is 0 Å². The standard InChI is InChI=1S/C10H15NO5S/c1-3-15-8(2)6-11-17(13,14)10-5-4-9(7-12)16-10/h4-5,7-8,11H,3,6H2,1-2H3. The van der Waals surface area contributed by atoms with E-state index in [1.54, 1.807) is 6.92 Å². The number of furan rings is 1. The molecule has 0 spiro atoms. The van der Waals surface area contributed by atoms with Crippen molar-refractivity contribution in [1.82, 2.24) is 4.72 Å². The number of sulfonamides is 1. The van der Waals surface area contributed by atoms with Gasteiger partial charge in [-0.2, -0.15) is 0 Å². The summed E-state index contributed by atoms with van der Waals surface area (Å²) in [5.74, 6) is -0.0248. The molecule has 1 rings (SSSR count). The molecule has 1 aromatic rings. The summed E-state index contributed by atoms with van der Waals surface area (Å²) in [6.45, 7) is 4.24. The lowest BCUT2D eigenvalue weighted by Crippen LogP contribution is -2.32. The predicted molar refractivity (Wildman–Crippen MR) is 60.4 cm³/mol. The van der Waals surface area contributed by atoms with Crippen LogP contribution in [-0.4, -0.2) is 34.0 Å². The molecule has 1 unspecified atom stereocenters. The summed E-state index contributed by atoms with van der Waals surface area (Å²) in [5, 5.41) is -0.275. The largest absolute Gasteiger partial charge is 0.440 e. The highest BCUT2D eigenvalue weighted by Gasteiger charge is 2.19. The summed E-state index contributed by atoms with van der Waals surface area (Å²) in [6.07, 6.45) is 0.220. The van der Waals surface area contributed by atoms with Crippen molar-refractivity contribution in [3.05, 3.63) is 17.9 Å². The van der Waals surface area contributed by atoms with Gasteiger partial charge in [0.05, 0.1) is 6.10 Å². The van der Waals surface area contributed by atoms with Gasteiger partial charge < -0.3 is 9.15 Å². The fourth-order valence-electron chi connectivity index (χ4n) is 1.18. The maximum atomic E-state index is 11.7. The second kappa shape index (κ2) is 5.95. The van der Waals surface area contributed by atoms with E-state index in [1.165, 1.54) is 12.1 Å². The number of aldehydes is 1. The van der Waals surface area contributed by atoms with Gasteiger partial charge in [-0.15, -0.1) is 0 Å². The Labute approximate surface area is 100 Å². The summed E-state index contributed by atoms with van der Waals surface area (Å²) in [4.78, 5) is 10.4. The van der Waals surface area contributed by atoms with Crippen molar-refractivity contribution < 1.29 is 22.4 Å². The molecule has 0 aromatic carbocycles. The van der Waals surface area contributed by atoms with Crippen LogP contribution >= 0.6 is 0 Å². The van der Waals surface area contributed by atoms with E-state index < -0.39 is 10.0 Å². The Kier molecular flexibility index (Phi) is 4.86. The molecule has 1 atom stereocenters. The first-order chi connectivity index (χ1) is 7.99. The van der Waals surface area contributed by atoms with Gasteiger partial charge in [-0.1, -0.05) is 0 Å². The summed E-state index contributed by atoms with van der Waals surface area (Å²) < 4.78 is 35.7. The molecule has 17 heavy (non-hydrogen) atoms. The molecule has 0 aliphatic carbocycles. The highest BCUT2D eigenvalue weighted by Crippen LogP contribution is 2.12. The molecule has 0 aliphatic heterocycles. The molecule has 1 aromatic heterocycles. The van der Waals surface area contributed by atoms with Crippen molar-refractivity contribution in [2.45, 2.75) is 25.0 Å². The minimum atomic E-state index is -3.72. The first-order valence-electron chi connectivity index (χ1n) is 5.16. The van der Waals surface area contributed by atoms with E-state index in [-0.39, 0.29) is 23.5 Å². The van der Waals surface area contributed by atoms with Gasteiger partial charge in [0.1, 0.15) is 0 Å². The number of rotatable bonds is 7. The zero-order valence-electron chi connectivity index (χ0n) is 9.67. The molecule has 0 fully saturated rings. The minimum absolute atomic E-state index is 0.0248. The number of nitrogens with one attached hydrogen (secondary N) is 1. The van der Waals surface area contributed by atoms with Crippen molar-refractivity contribution in [3.8, 4) is 0 Å². The van der Waals surface area contributed by atoms with E-state index in [0.29, 0.717) is 12.9 Å². The lowest BCUT2D eigenvalue weighted by molar-refractivity contribution is 0.0799. The van der Waals surface area contributed by atoms with Gasteiger partial charge in [-0.25, -0.2) is 13.1 Å². The number of carbonyl (C=O) groups excluding carboxylic acids is 1. The van der Waals surface area contributed by atoms with Crippen LogP contribution in [0.5, 0.6) is 0 Å². The SMILES string of the molecule is CCOC(C)CNS(=O)(=O)c1ccc(C=O)o1. The second-order valence-electron chi connectivity index (χ2n) is 3.39. The first-order valence-corrected chi connectivity index (χ1v) is 6.64. The molecule has 0 aliphatic rings. The van der Waals surface area contributed by atoms with Crippen molar-refractivity contribution in [1.29, 1.82) is 0 Å². The topological polar surface area (TPSA) is 85.6 Å². The van der Waals surface area contributed by atoms with Crippen molar-refractivity contribution >= 4 is 16.3 Å². The zero-order valence-corrected chi connectivity index (χ0v) is 10.5. The molecule has 0 saturated heterocycles. The Bertz CT molecular complexity index is 465. The van der Waals surface area contributed by atoms with E-state index >= 15 is 0 Å². The normalized spacial score (nSPS) is 13.5. The van der Waals surface area contributed by atoms with Crippen LogP contribution in [0.15, 0.2) is 21.6 Å². The molecule has 0 saturated carbocycles. The fourth-order valence-corrected chi connectivity index (χ4v) is 2.23. The van der Waals surface area contributed by atoms with E-state index in [2.05, 4.69) is 4.72 Å². The van der Waals surface area contributed by atoms with E-state index in [4.69, 9.17) is 9.15 Å². The van der Waals surface area contributed by atoms with E-state index in [9.17, 15) is 13.2 Å². The average Bonchev–Trinajstić information content (AvgIpc) is 2.76. The Morgan fingerprint density at radius 1 is 1.53 bits per heavy atom. The van der Waals surface area contributed by atoms with Crippen LogP contribution < -0.4 is 4.72 Å². The van der Waals surface area contributed by atoms with Gasteiger partial charge in [0.2, 0.25) is 5.09 Å². The summed E-state index contributed by atoms with van der Waals surface area (Å²) >= 11 is 0. The molecule has 96 valence electrons. The van der Waals surface area contributed by atoms with Crippen LogP contribution in [0.1, 0.15) is 24.4 Å². The van der Waals surface area contributed by atoms with Gasteiger partial charge >= 0.3 is 0 Å². The molecule has 0 bridgehead atoms. The first kappa shape index (κ1) is 13.9. The van der Waals surface area contributed by atoms with Crippen molar-refractivity contribution in [2.75, 3.05) is 13.2 Å². The molecule has 6 nitrogen and oxygen atoms in total. The van der Waals surface area contributed by atoms with Crippen LogP contribution in [0.2, 0.25) is 0 Å². The lowest BCUT2D eigenvalue weighted by atomic mass is 10.4. The Hall–Kier alpha value is -1.18. The Morgan fingerprint density at radius 3 is 2.76 bits per heavy atom. The number of ether oxygens (including phenoxy) is 1. The molecular weight excluding hydrogens is 246 g/mol. The maximum Gasteiger partial charge on any atom is 0.274 e. The average molecular weight is 261 g/mol. The van der Waals surface area contributed by atoms with Crippen LogP contribution in [-0.2, 0) is 14.8 Å². The maximum absolute atomic E-state index is 11.7. The lowest BCUT2D eigenvalue weighted by Gasteiger charge is -2.11. The third-order valence-corrected chi connectivity index (χ3v) is 3.29. The monoisotopic (exact) mass is 261 g/mol. The van der Waals surface area contributed by atoms with Gasteiger partial charge in [0.15, 0.2) is 12.0 Å². The molecule has 0 amide bonds. The highest BCUT2D eigenvalue weighted by molar-refractivity contribution is 7.89. The van der Waals surface area contributed by atoms with Gasteiger partial charge in [-0.3, -0.25) is 4.79 Å². The van der Waals surface area contributed by atoms with E-state index in [1.807, 2.05) is 6.92 Å². The third-order valence-electron chi connectivity index (χ3n) is 2.00. The minimum Gasteiger partial charge on any atom is -0.440 e. The number of carbonyl (C=O) groups is 1. The predicted octanol–water partition coefficient (Wildman–Crippen LogP) is 0.795. The third kappa shape index (κ3) is 3.95. The summed E-state index contributed by atoms with van der Waals surface area (Å²) in [5.41, 5.74) is 0. The molecule has 1 N–H and O–H groups in total. The summed E-state index contributed by atoms with van der Waals surface area (Å²) in [6, 6.07) is 2.53. The van der Waals surface area contributed by atoms with Gasteiger partial charge in [0.25, 0.3) is 10.0 Å². The summed E-state index contributed by atoms with van der Waals surface area (Å²) in [7, 11) is -3.72. The molecule has 1 heterocycles. The zero-order chi connectivity index (χ0) is 12.9. The van der Waals surface area contributed by atoms with E-state index in [0.717, 1.165) is 0 Å². The van der Waals surface area contributed by atoms with Crippen LogP contribution in [0.25, 0.3) is 0 Å². The van der Waals surface area contributed by atoms with Crippen molar-refractivity contribution in [2.24, 2.45) is 0 Å². The smallest absolute Gasteiger partial charge is 0.274 e. The molecule has 7 heteroatoms. The van der Waals surface area contributed by atoms with Gasteiger partial charge in [0, 0.05) is 13.2 Å². The Morgan fingerprint density at radius 2 is 2.24 bits per heavy atom. The highest BCUT2D eigenvalue weighted by atomic mass is 32.2.